The topological polar surface area (TPSA) is 35.9 Å². The molecule has 4 heteroatoms. The Bertz CT molecular complexity index is 2390. The quantitative estimate of drug-likeness (QED) is 0.238. The minimum absolute atomic E-state index is 0.896. The third-order valence-electron chi connectivity index (χ3n) is 7.90. The first-order valence-electron chi connectivity index (χ1n) is 13.2. The second-order valence-electron chi connectivity index (χ2n) is 10.0. The van der Waals surface area contributed by atoms with Gasteiger partial charge in [0.1, 0.15) is 16.8 Å². The van der Waals surface area contributed by atoms with Crippen molar-refractivity contribution in [1.29, 1.82) is 0 Å². The van der Waals surface area contributed by atoms with Gasteiger partial charge in [0.05, 0.1) is 22.1 Å². The average molecular weight is 500 g/mol. The zero-order valence-electron chi connectivity index (χ0n) is 20.9. The monoisotopic (exact) mass is 499 g/mol. The van der Waals surface area contributed by atoms with Crippen LogP contribution in [0, 0.1) is 0 Å². The Kier molecular flexibility index (Phi) is 4.02. The van der Waals surface area contributed by atoms with Gasteiger partial charge in [-0.2, -0.15) is 0 Å². The Labute approximate surface area is 222 Å². The second kappa shape index (κ2) is 7.59. The van der Waals surface area contributed by atoms with E-state index < -0.39 is 0 Å². The van der Waals surface area contributed by atoms with E-state index in [4.69, 9.17) is 9.40 Å². The minimum atomic E-state index is 0.896. The molecular formula is C35H21N3O. The van der Waals surface area contributed by atoms with E-state index in [-0.39, 0.29) is 0 Å². The lowest BCUT2D eigenvalue weighted by atomic mass is 10.1. The summed E-state index contributed by atoms with van der Waals surface area (Å²) in [7, 11) is 0. The van der Waals surface area contributed by atoms with Gasteiger partial charge in [0.25, 0.3) is 0 Å². The highest BCUT2D eigenvalue weighted by Crippen LogP contribution is 2.38. The molecule has 4 aromatic heterocycles. The Morgan fingerprint density at radius 3 is 1.95 bits per heavy atom. The molecule has 0 amide bonds. The Balaban J connectivity index is 1.43. The highest BCUT2D eigenvalue weighted by atomic mass is 16.3. The van der Waals surface area contributed by atoms with Gasteiger partial charge >= 0.3 is 0 Å². The lowest BCUT2D eigenvalue weighted by Crippen LogP contribution is -1.96. The van der Waals surface area contributed by atoms with Crippen LogP contribution in [0.3, 0.4) is 0 Å². The zero-order valence-corrected chi connectivity index (χ0v) is 20.9. The number of hydrogen-bond acceptors (Lipinski definition) is 2. The van der Waals surface area contributed by atoms with Gasteiger partial charge in [-0.1, -0.05) is 72.8 Å². The molecule has 9 rings (SSSR count). The van der Waals surface area contributed by atoms with E-state index >= 15 is 0 Å². The van der Waals surface area contributed by atoms with Gasteiger partial charge in [-0.05, 0) is 54.6 Å². The lowest BCUT2D eigenvalue weighted by molar-refractivity contribution is 0.669. The Morgan fingerprint density at radius 2 is 1.10 bits per heavy atom. The molecule has 0 saturated carbocycles. The fraction of sp³-hybridized carbons (Fsp3) is 0. The molecular weight excluding hydrogens is 478 g/mol. The van der Waals surface area contributed by atoms with Crippen LogP contribution in [-0.4, -0.2) is 14.1 Å². The number of hydrogen-bond donors (Lipinski definition) is 0. The van der Waals surface area contributed by atoms with E-state index in [9.17, 15) is 0 Å². The Morgan fingerprint density at radius 1 is 0.436 bits per heavy atom. The molecule has 39 heavy (non-hydrogen) atoms. The summed E-state index contributed by atoms with van der Waals surface area (Å²) in [5.41, 5.74) is 9.34. The van der Waals surface area contributed by atoms with E-state index in [0.717, 1.165) is 71.8 Å². The van der Waals surface area contributed by atoms with Crippen molar-refractivity contribution >= 4 is 65.8 Å². The van der Waals surface area contributed by atoms with Gasteiger partial charge in [-0.25, -0.2) is 4.98 Å². The molecule has 5 aromatic carbocycles. The third kappa shape index (κ3) is 2.80. The smallest absolute Gasteiger partial charge is 0.146 e. The molecule has 0 aliphatic rings. The van der Waals surface area contributed by atoms with E-state index in [1.54, 1.807) is 0 Å². The molecule has 9 aromatic rings. The number of para-hydroxylation sites is 4. The van der Waals surface area contributed by atoms with Crippen molar-refractivity contribution in [2.75, 3.05) is 0 Å². The first-order chi connectivity index (χ1) is 19.3. The van der Waals surface area contributed by atoms with Crippen molar-refractivity contribution < 1.29 is 4.42 Å². The Hall–Kier alpha value is -5.35. The SMILES string of the molecule is c1ccc(-n2c3ccccc3c3cc4c(nc32)c2ccccc2n4-c2ccc3oc4ccccc4c3c2)cc1. The van der Waals surface area contributed by atoms with Crippen molar-refractivity contribution in [1.82, 2.24) is 14.1 Å². The second-order valence-corrected chi connectivity index (χ2v) is 10.0. The largest absolute Gasteiger partial charge is 0.456 e. The van der Waals surface area contributed by atoms with Gasteiger partial charge < -0.3 is 8.98 Å². The number of aromatic nitrogens is 3. The van der Waals surface area contributed by atoms with Gasteiger partial charge in [0.2, 0.25) is 0 Å². The van der Waals surface area contributed by atoms with Gasteiger partial charge in [0, 0.05) is 38.3 Å². The maximum atomic E-state index is 6.13. The van der Waals surface area contributed by atoms with E-state index in [1.807, 2.05) is 12.1 Å². The molecule has 0 N–H and O–H groups in total. The molecule has 182 valence electrons. The first kappa shape index (κ1) is 20.7. The molecule has 0 spiro atoms. The van der Waals surface area contributed by atoms with Crippen molar-refractivity contribution in [2.45, 2.75) is 0 Å². The van der Waals surface area contributed by atoms with Crippen LogP contribution in [0.5, 0.6) is 0 Å². The summed E-state index contributed by atoms with van der Waals surface area (Å²) in [5.74, 6) is 0. The summed E-state index contributed by atoms with van der Waals surface area (Å²) in [6.45, 7) is 0. The van der Waals surface area contributed by atoms with Crippen LogP contribution in [0.15, 0.2) is 132 Å². The summed E-state index contributed by atoms with van der Waals surface area (Å²) < 4.78 is 10.7. The van der Waals surface area contributed by atoms with E-state index in [1.165, 1.54) is 5.39 Å². The highest BCUT2D eigenvalue weighted by molar-refractivity contribution is 6.16. The van der Waals surface area contributed by atoms with E-state index in [2.05, 4.69) is 124 Å². The van der Waals surface area contributed by atoms with Gasteiger partial charge in [0.15, 0.2) is 0 Å². The molecule has 4 heterocycles. The number of rotatable bonds is 2. The number of furan rings is 1. The summed E-state index contributed by atoms with van der Waals surface area (Å²) >= 11 is 0. The van der Waals surface area contributed by atoms with E-state index in [0.29, 0.717) is 0 Å². The molecule has 0 unspecified atom stereocenters. The van der Waals surface area contributed by atoms with Crippen LogP contribution < -0.4 is 0 Å². The van der Waals surface area contributed by atoms with Gasteiger partial charge in [-0.3, -0.25) is 4.57 Å². The molecule has 0 aliphatic carbocycles. The molecule has 0 saturated heterocycles. The lowest BCUT2D eigenvalue weighted by Gasteiger charge is -2.09. The van der Waals surface area contributed by atoms with Crippen molar-refractivity contribution in [3.8, 4) is 11.4 Å². The zero-order chi connectivity index (χ0) is 25.5. The molecule has 0 radical (unpaired) electrons. The van der Waals surface area contributed by atoms with Crippen LogP contribution in [-0.2, 0) is 0 Å². The highest BCUT2D eigenvalue weighted by Gasteiger charge is 2.20. The van der Waals surface area contributed by atoms with Crippen molar-refractivity contribution in [3.63, 3.8) is 0 Å². The van der Waals surface area contributed by atoms with Crippen LogP contribution in [0.2, 0.25) is 0 Å². The maximum Gasteiger partial charge on any atom is 0.146 e. The molecule has 4 nitrogen and oxygen atoms in total. The van der Waals surface area contributed by atoms with Gasteiger partial charge in [-0.15, -0.1) is 0 Å². The fourth-order valence-electron chi connectivity index (χ4n) is 6.21. The number of fused-ring (bicyclic) bond motifs is 9. The average Bonchev–Trinajstić information content (AvgIpc) is 3.63. The maximum absolute atomic E-state index is 6.13. The summed E-state index contributed by atoms with van der Waals surface area (Å²) in [6.07, 6.45) is 0. The van der Waals surface area contributed by atoms with Crippen molar-refractivity contribution in [2.24, 2.45) is 0 Å². The molecule has 0 fully saturated rings. The predicted octanol–water partition coefficient (Wildman–Crippen LogP) is 9.18. The van der Waals surface area contributed by atoms with Crippen LogP contribution in [0.1, 0.15) is 0 Å². The summed E-state index contributed by atoms with van der Waals surface area (Å²) in [6, 6.07) is 44.6. The van der Waals surface area contributed by atoms with Crippen LogP contribution in [0.25, 0.3) is 77.2 Å². The van der Waals surface area contributed by atoms with Crippen LogP contribution in [0.4, 0.5) is 0 Å². The molecule has 0 bridgehead atoms. The minimum Gasteiger partial charge on any atom is -0.456 e. The predicted molar refractivity (Wildman–Crippen MR) is 160 cm³/mol. The van der Waals surface area contributed by atoms with Crippen molar-refractivity contribution in [3.05, 3.63) is 127 Å². The normalized spacial score (nSPS) is 12.1. The molecule has 0 aliphatic heterocycles. The number of nitrogens with zero attached hydrogens (tertiary/aromatic N) is 3. The number of pyridine rings is 1. The van der Waals surface area contributed by atoms with Crippen LogP contribution >= 0.6 is 0 Å². The summed E-state index contributed by atoms with van der Waals surface area (Å²) in [5, 5.41) is 5.71. The molecule has 0 atom stereocenters. The standard InChI is InChI=1S/C35H21N3O/c1-2-10-22(11-3-1)38-29-15-7-4-12-24(29)28-21-31-34(36-35(28)38)26-14-5-8-16-30(26)37(31)23-18-19-33-27(20-23)25-13-6-9-17-32(25)39-33/h1-21H. The fourth-order valence-corrected chi connectivity index (χ4v) is 6.21. The first-order valence-corrected chi connectivity index (χ1v) is 13.2. The third-order valence-corrected chi connectivity index (χ3v) is 7.90. The summed E-state index contributed by atoms with van der Waals surface area (Å²) in [4.78, 5) is 5.39. The number of benzene rings is 5.